The zero-order valence-corrected chi connectivity index (χ0v) is 12.6. The second-order valence-corrected chi connectivity index (χ2v) is 6.82. The molecule has 0 spiro atoms. The summed E-state index contributed by atoms with van der Waals surface area (Å²) in [6.07, 6.45) is 2.52. The molecule has 0 fully saturated rings. The number of nitrogens with two attached hydrogens (primary N) is 1. The molecule has 19 heavy (non-hydrogen) atoms. The molecule has 0 radical (unpaired) electrons. The van der Waals surface area contributed by atoms with E-state index in [-0.39, 0.29) is 16.9 Å². The molecule has 0 bridgehead atoms. The van der Waals surface area contributed by atoms with Crippen LogP contribution in [-0.2, 0) is 6.54 Å². The summed E-state index contributed by atoms with van der Waals surface area (Å²) in [5.41, 5.74) is 6.78. The standard InChI is InChI=1S/C15H25N3O/c1-14(2,3)10-15(4,5)18-13(19)11-6-7-17-12(8-11)9-16/h6-8H,9-10,16H2,1-5H3,(H,18,19). The normalized spacial score (nSPS) is 12.3. The first-order valence-electron chi connectivity index (χ1n) is 6.60. The molecule has 0 saturated heterocycles. The number of aromatic nitrogens is 1. The minimum Gasteiger partial charge on any atom is -0.347 e. The third-order valence-corrected chi connectivity index (χ3v) is 2.71. The van der Waals surface area contributed by atoms with Gasteiger partial charge < -0.3 is 11.1 Å². The maximum absolute atomic E-state index is 12.2. The number of carbonyl (C=O) groups excluding carboxylic acids is 1. The van der Waals surface area contributed by atoms with Crippen LogP contribution in [0.4, 0.5) is 0 Å². The predicted octanol–water partition coefficient (Wildman–Crippen LogP) is 2.48. The second kappa shape index (κ2) is 5.70. The molecule has 106 valence electrons. The average molecular weight is 263 g/mol. The van der Waals surface area contributed by atoms with Crippen LogP contribution in [0.1, 0.15) is 57.1 Å². The van der Waals surface area contributed by atoms with E-state index < -0.39 is 0 Å². The number of amides is 1. The molecule has 1 heterocycles. The lowest BCUT2D eigenvalue weighted by atomic mass is 9.81. The largest absolute Gasteiger partial charge is 0.347 e. The molecule has 0 unspecified atom stereocenters. The van der Waals surface area contributed by atoms with E-state index in [1.54, 1.807) is 18.3 Å². The number of nitrogens with zero attached hydrogens (tertiary/aromatic N) is 1. The molecule has 3 N–H and O–H groups in total. The quantitative estimate of drug-likeness (QED) is 0.877. The summed E-state index contributed by atoms with van der Waals surface area (Å²) < 4.78 is 0. The van der Waals surface area contributed by atoms with E-state index in [2.05, 4.69) is 31.1 Å². The second-order valence-electron chi connectivity index (χ2n) is 6.82. The van der Waals surface area contributed by atoms with E-state index in [1.165, 1.54) is 0 Å². The fourth-order valence-electron chi connectivity index (χ4n) is 2.48. The lowest BCUT2D eigenvalue weighted by Crippen LogP contribution is -2.45. The van der Waals surface area contributed by atoms with Gasteiger partial charge in [0.05, 0.1) is 5.69 Å². The van der Waals surface area contributed by atoms with Crippen molar-refractivity contribution in [3.05, 3.63) is 29.6 Å². The number of nitrogens with one attached hydrogen (secondary N) is 1. The number of hydrogen-bond donors (Lipinski definition) is 2. The molecule has 4 heteroatoms. The van der Waals surface area contributed by atoms with Crippen molar-refractivity contribution >= 4 is 5.91 Å². The smallest absolute Gasteiger partial charge is 0.251 e. The number of carbonyl (C=O) groups is 1. The highest BCUT2D eigenvalue weighted by Gasteiger charge is 2.27. The lowest BCUT2D eigenvalue weighted by Gasteiger charge is -2.33. The van der Waals surface area contributed by atoms with Crippen LogP contribution in [-0.4, -0.2) is 16.4 Å². The summed E-state index contributed by atoms with van der Waals surface area (Å²) in [5.74, 6) is -0.0775. The Morgan fingerprint density at radius 2 is 1.95 bits per heavy atom. The molecule has 0 aromatic carbocycles. The Kier molecular flexibility index (Phi) is 4.69. The van der Waals surface area contributed by atoms with Crippen LogP contribution in [0, 0.1) is 5.41 Å². The van der Waals surface area contributed by atoms with Gasteiger partial charge in [-0.05, 0) is 37.8 Å². The fourth-order valence-corrected chi connectivity index (χ4v) is 2.48. The average Bonchev–Trinajstić information content (AvgIpc) is 2.25. The van der Waals surface area contributed by atoms with Crippen molar-refractivity contribution < 1.29 is 4.79 Å². The van der Waals surface area contributed by atoms with Crippen molar-refractivity contribution in [3.63, 3.8) is 0 Å². The molecule has 0 saturated carbocycles. The molecular formula is C15H25N3O. The first-order chi connectivity index (χ1) is 8.63. The summed E-state index contributed by atoms with van der Waals surface area (Å²) >= 11 is 0. The van der Waals surface area contributed by atoms with Crippen LogP contribution in [0.2, 0.25) is 0 Å². The SMILES string of the molecule is CC(C)(C)CC(C)(C)NC(=O)c1ccnc(CN)c1. The first-order valence-corrected chi connectivity index (χ1v) is 6.60. The fraction of sp³-hybridized carbons (Fsp3) is 0.600. The summed E-state index contributed by atoms with van der Waals surface area (Å²) in [5, 5.41) is 3.07. The van der Waals surface area contributed by atoms with Gasteiger partial charge in [-0.3, -0.25) is 9.78 Å². The molecule has 1 amide bonds. The molecule has 1 aromatic rings. The lowest BCUT2D eigenvalue weighted by molar-refractivity contribution is 0.0891. The van der Waals surface area contributed by atoms with Crippen LogP contribution < -0.4 is 11.1 Å². The molecule has 0 aliphatic rings. The number of pyridine rings is 1. The van der Waals surface area contributed by atoms with E-state index in [4.69, 9.17) is 5.73 Å². The Morgan fingerprint density at radius 1 is 1.32 bits per heavy atom. The molecule has 0 atom stereocenters. The van der Waals surface area contributed by atoms with Gasteiger partial charge in [-0.1, -0.05) is 20.8 Å². The van der Waals surface area contributed by atoms with Crippen LogP contribution in [0.5, 0.6) is 0 Å². The Balaban J connectivity index is 2.78. The first kappa shape index (κ1) is 15.6. The molecule has 1 rings (SSSR count). The van der Waals surface area contributed by atoms with Crippen molar-refractivity contribution in [3.8, 4) is 0 Å². The molecule has 1 aromatic heterocycles. The maximum Gasteiger partial charge on any atom is 0.251 e. The van der Waals surface area contributed by atoms with Gasteiger partial charge in [0.2, 0.25) is 0 Å². The van der Waals surface area contributed by atoms with Crippen molar-refractivity contribution in [1.82, 2.24) is 10.3 Å². The number of hydrogen-bond acceptors (Lipinski definition) is 3. The topological polar surface area (TPSA) is 68.0 Å². The van der Waals surface area contributed by atoms with E-state index in [0.29, 0.717) is 12.1 Å². The van der Waals surface area contributed by atoms with Crippen LogP contribution in [0.3, 0.4) is 0 Å². The third kappa shape index (κ3) is 5.39. The van der Waals surface area contributed by atoms with Gasteiger partial charge >= 0.3 is 0 Å². The molecule has 0 aliphatic carbocycles. The highest BCUT2D eigenvalue weighted by Crippen LogP contribution is 2.27. The van der Waals surface area contributed by atoms with E-state index in [9.17, 15) is 4.79 Å². The Labute approximate surface area is 115 Å². The van der Waals surface area contributed by atoms with Gasteiger partial charge in [0.15, 0.2) is 0 Å². The van der Waals surface area contributed by atoms with Crippen molar-refractivity contribution in [2.24, 2.45) is 11.1 Å². The summed E-state index contributed by atoms with van der Waals surface area (Å²) in [4.78, 5) is 16.3. The summed E-state index contributed by atoms with van der Waals surface area (Å²) in [6.45, 7) is 10.9. The third-order valence-electron chi connectivity index (χ3n) is 2.71. The monoisotopic (exact) mass is 263 g/mol. The molecular weight excluding hydrogens is 238 g/mol. The van der Waals surface area contributed by atoms with Crippen molar-refractivity contribution in [1.29, 1.82) is 0 Å². The van der Waals surface area contributed by atoms with Crippen LogP contribution in [0.15, 0.2) is 18.3 Å². The Bertz CT molecular complexity index is 447. The van der Waals surface area contributed by atoms with E-state index >= 15 is 0 Å². The summed E-state index contributed by atoms with van der Waals surface area (Å²) in [7, 11) is 0. The zero-order valence-electron chi connectivity index (χ0n) is 12.6. The molecule has 0 aliphatic heterocycles. The molecule has 4 nitrogen and oxygen atoms in total. The Hall–Kier alpha value is -1.42. The van der Waals surface area contributed by atoms with Gasteiger partial charge in [-0.15, -0.1) is 0 Å². The Morgan fingerprint density at radius 3 is 2.47 bits per heavy atom. The van der Waals surface area contributed by atoms with Gasteiger partial charge in [0, 0.05) is 23.8 Å². The minimum absolute atomic E-state index is 0.0775. The van der Waals surface area contributed by atoms with Crippen molar-refractivity contribution in [2.45, 2.75) is 53.1 Å². The van der Waals surface area contributed by atoms with Crippen molar-refractivity contribution in [2.75, 3.05) is 0 Å². The number of rotatable bonds is 4. The van der Waals surface area contributed by atoms with Gasteiger partial charge in [-0.25, -0.2) is 0 Å². The summed E-state index contributed by atoms with van der Waals surface area (Å²) in [6, 6.07) is 3.45. The van der Waals surface area contributed by atoms with E-state index in [0.717, 1.165) is 12.1 Å². The highest BCUT2D eigenvalue weighted by atomic mass is 16.1. The highest BCUT2D eigenvalue weighted by molar-refractivity contribution is 5.94. The van der Waals surface area contributed by atoms with Gasteiger partial charge in [0.1, 0.15) is 0 Å². The predicted molar refractivity (Wildman–Crippen MR) is 77.7 cm³/mol. The van der Waals surface area contributed by atoms with Crippen LogP contribution in [0.25, 0.3) is 0 Å². The zero-order chi connectivity index (χ0) is 14.7. The van der Waals surface area contributed by atoms with Crippen LogP contribution >= 0.6 is 0 Å². The minimum atomic E-state index is -0.249. The van der Waals surface area contributed by atoms with Gasteiger partial charge in [-0.2, -0.15) is 0 Å². The van der Waals surface area contributed by atoms with Gasteiger partial charge in [0.25, 0.3) is 5.91 Å². The van der Waals surface area contributed by atoms with E-state index in [1.807, 2.05) is 13.8 Å². The maximum atomic E-state index is 12.2.